The summed E-state index contributed by atoms with van der Waals surface area (Å²) < 4.78 is 11.3. The van der Waals surface area contributed by atoms with Gasteiger partial charge >= 0.3 is 0 Å². The molecule has 7 heteroatoms. The van der Waals surface area contributed by atoms with Crippen molar-refractivity contribution in [1.82, 2.24) is 0 Å². The second kappa shape index (κ2) is 7.97. The summed E-state index contributed by atoms with van der Waals surface area (Å²) in [6.45, 7) is 9.54. The fourth-order valence-electron chi connectivity index (χ4n) is 5.11. The first-order valence-electron chi connectivity index (χ1n) is 9.96. The molecule has 1 saturated carbocycles. The molecule has 1 heterocycles. The Bertz CT molecular complexity index is 657. The summed E-state index contributed by atoms with van der Waals surface area (Å²) in [6.07, 6.45) is -3.28. The van der Waals surface area contributed by atoms with Crippen molar-refractivity contribution in [2.45, 2.75) is 76.8 Å². The van der Waals surface area contributed by atoms with Crippen LogP contribution < -0.4 is 0 Å². The van der Waals surface area contributed by atoms with Crippen LogP contribution in [0.1, 0.15) is 40.0 Å². The number of aliphatic hydroxyl groups excluding tert-OH is 4. The van der Waals surface area contributed by atoms with Gasteiger partial charge in [-0.2, -0.15) is 0 Å². The summed E-state index contributed by atoms with van der Waals surface area (Å²) in [5, 5.41) is 39.6. The van der Waals surface area contributed by atoms with Crippen molar-refractivity contribution < 1.29 is 34.7 Å². The lowest BCUT2D eigenvalue weighted by molar-refractivity contribution is -0.313. The molecule has 1 aliphatic heterocycles. The van der Waals surface area contributed by atoms with Crippen LogP contribution in [-0.4, -0.2) is 69.6 Å². The molecule has 2 aliphatic carbocycles. The molecule has 0 amide bonds. The highest BCUT2D eigenvalue weighted by molar-refractivity contribution is 5.95. The summed E-state index contributed by atoms with van der Waals surface area (Å²) in [5.41, 5.74) is 2.00. The Morgan fingerprint density at radius 2 is 2.00 bits per heavy atom. The predicted octanol–water partition coefficient (Wildman–Crippen LogP) is 0.699. The van der Waals surface area contributed by atoms with Gasteiger partial charge in [-0.15, -0.1) is 0 Å². The Kier molecular flexibility index (Phi) is 6.15. The monoisotopic (exact) mass is 396 g/mol. The average Bonchev–Trinajstić information content (AvgIpc) is 3.11. The molecule has 0 aromatic rings. The van der Waals surface area contributed by atoms with Gasteiger partial charge in [0.1, 0.15) is 30.5 Å². The minimum Gasteiger partial charge on any atom is -0.394 e. The predicted molar refractivity (Wildman–Crippen MR) is 101 cm³/mol. The highest BCUT2D eigenvalue weighted by atomic mass is 16.7. The zero-order valence-electron chi connectivity index (χ0n) is 16.7. The topological polar surface area (TPSA) is 116 Å². The van der Waals surface area contributed by atoms with Crippen molar-refractivity contribution in [3.63, 3.8) is 0 Å². The van der Waals surface area contributed by atoms with E-state index in [9.17, 15) is 25.2 Å². The van der Waals surface area contributed by atoms with Crippen molar-refractivity contribution in [2.24, 2.45) is 17.3 Å². The van der Waals surface area contributed by atoms with Gasteiger partial charge in [-0.25, -0.2) is 0 Å². The molecule has 1 saturated heterocycles. The quantitative estimate of drug-likeness (QED) is 0.517. The van der Waals surface area contributed by atoms with E-state index >= 15 is 0 Å². The summed E-state index contributed by atoms with van der Waals surface area (Å²) >= 11 is 0. The zero-order chi connectivity index (χ0) is 20.8. The molecule has 4 N–H and O–H groups in total. The summed E-state index contributed by atoms with van der Waals surface area (Å²) in [4.78, 5) is 12.7. The third kappa shape index (κ3) is 3.49. The molecule has 0 radical (unpaired) electrons. The Labute approximate surface area is 165 Å². The van der Waals surface area contributed by atoms with E-state index in [1.165, 1.54) is 0 Å². The van der Waals surface area contributed by atoms with Crippen LogP contribution in [0.4, 0.5) is 0 Å². The SMILES string of the molecule is C=C(C)[C@@H]1CC[C@@]2(C1)C(C)=CC(=O)[C@H](O[C@@H]1O[C@H](CO)[C@@H](O)[C@H](O)[C@H]1O)[C@H]2C. The van der Waals surface area contributed by atoms with Crippen LogP contribution in [0.3, 0.4) is 0 Å². The molecular weight excluding hydrogens is 364 g/mol. The third-order valence-corrected chi connectivity index (χ3v) is 7.13. The number of hydrogen-bond donors (Lipinski definition) is 4. The van der Waals surface area contributed by atoms with Gasteiger partial charge in [0.2, 0.25) is 0 Å². The number of allylic oxidation sites excluding steroid dienone is 2. The standard InChI is InChI=1S/C21H32O7/c1-10(2)13-5-6-21(8-13)11(3)7-14(23)19(12(21)4)28-20-18(26)17(25)16(24)15(9-22)27-20/h7,12-13,15-20,22,24-26H,1,5-6,8-9H2,2-4H3/t12-,13-,15-,16-,17+,18-,19-,20+,21-/m1/s1. The smallest absolute Gasteiger partial charge is 0.187 e. The lowest BCUT2D eigenvalue weighted by Gasteiger charge is -2.46. The van der Waals surface area contributed by atoms with Crippen LogP contribution in [-0.2, 0) is 14.3 Å². The van der Waals surface area contributed by atoms with E-state index in [1.807, 2.05) is 20.8 Å². The van der Waals surface area contributed by atoms with Gasteiger partial charge in [0, 0.05) is 0 Å². The molecule has 158 valence electrons. The Hall–Kier alpha value is -1.09. The number of hydrogen-bond acceptors (Lipinski definition) is 7. The van der Waals surface area contributed by atoms with Crippen LogP contribution in [0.5, 0.6) is 0 Å². The summed E-state index contributed by atoms with van der Waals surface area (Å²) in [6, 6.07) is 0. The van der Waals surface area contributed by atoms with Gasteiger partial charge in [0.15, 0.2) is 12.1 Å². The van der Waals surface area contributed by atoms with E-state index in [1.54, 1.807) is 6.08 Å². The molecule has 0 unspecified atom stereocenters. The van der Waals surface area contributed by atoms with Crippen molar-refractivity contribution >= 4 is 5.78 Å². The lowest BCUT2D eigenvalue weighted by Crippen LogP contribution is -2.61. The molecule has 0 bridgehead atoms. The Morgan fingerprint density at radius 1 is 1.32 bits per heavy atom. The number of ketones is 1. The van der Waals surface area contributed by atoms with Gasteiger partial charge in [0.05, 0.1) is 6.61 Å². The summed E-state index contributed by atoms with van der Waals surface area (Å²) in [5.74, 6) is 0.0417. The number of rotatable bonds is 4. The van der Waals surface area contributed by atoms with Crippen LogP contribution in [0.25, 0.3) is 0 Å². The molecule has 0 aromatic heterocycles. The first kappa shape index (κ1) is 21.6. The van der Waals surface area contributed by atoms with Crippen LogP contribution in [0.2, 0.25) is 0 Å². The minimum atomic E-state index is -1.53. The van der Waals surface area contributed by atoms with Crippen molar-refractivity contribution in [3.05, 3.63) is 23.8 Å². The van der Waals surface area contributed by atoms with E-state index in [2.05, 4.69) is 6.58 Å². The van der Waals surface area contributed by atoms with Gasteiger partial charge in [-0.1, -0.05) is 24.6 Å². The van der Waals surface area contributed by atoms with Gasteiger partial charge in [-0.05, 0) is 56.4 Å². The summed E-state index contributed by atoms with van der Waals surface area (Å²) in [7, 11) is 0. The van der Waals surface area contributed by atoms with Crippen molar-refractivity contribution in [1.29, 1.82) is 0 Å². The fourth-order valence-corrected chi connectivity index (χ4v) is 5.11. The van der Waals surface area contributed by atoms with E-state index in [0.717, 1.165) is 30.4 Å². The second-order valence-corrected chi connectivity index (χ2v) is 8.71. The van der Waals surface area contributed by atoms with Crippen molar-refractivity contribution in [2.75, 3.05) is 6.61 Å². The molecule has 28 heavy (non-hydrogen) atoms. The molecule has 3 rings (SSSR count). The van der Waals surface area contributed by atoms with Crippen molar-refractivity contribution in [3.8, 4) is 0 Å². The average molecular weight is 396 g/mol. The van der Waals surface area contributed by atoms with E-state index in [-0.39, 0.29) is 17.1 Å². The first-order valence-corrected chi connectivity index (χ1v) is 9.96. The maximum absolute atomic E-state index is 12.7. The van der Waals surface area contributed by atoms with E-state index in [4.69, 9.17) is 9.47 Å². The molecule has 0 aromatic carbocycles. The molecule has 2 fully saturated rings. The first-order chi connectivity index (χ1) is 13.1. The van der Waals surface area contributed by atoms with E-state index < -0.39 is 43.4 Å². The van der Waals surface area contributed by atoms with Crippen LogP contribution >= 0.6 is 0 Å². The van der Waals surface area contributed by atoms with Crippen LogP contribution in [0.15, 0.2) is 23.8 Å². The van der Waals surface area contributed by atoms with Gasteiger partial charge in [0.25, 0.3) is 0 Å². The highest BCUT2D eigenvalue weighted by Crippen LogP contribution is 2.56. The third-order valence-electron chi connectivity index (χ3n) is 7.13. The lowest BCUT2D eigenvalue weighted by atomic mass is 9.63. The second-order valence-electron chi connectivity index (χ2n) is 8.71. The van der Waals surface area contributed by atoms with E-state index in [0.29, 0.717) is 5.92 Å². The molecule has 1 spiro atoms. The minimum absolute atomic E-state index is 0.151. The number of carbonyl (C=O) groups is 1. The number of carbonyl (C=O) groups excluding carboxylic acids is 1. The van der Waals surface area contributed by atoms with Gasteiger partial charge in [-0.3, -0.25) is 4.79 Å². The fraction of sp³-hybridized carbons (Fsp3) is 0.762. The zero-order valence-corrected chi connectivity index (χ0v) is 16.7. The van der Waals surface area contributed by atoms with Gasteiger partial charge < -0.3 is 29.9 Å². The Balaban J connectivity index is 1.82. The molecule has 9 atom stereocenters. The normalized spacial score (nSPS) is 46.7. The number of ether oxygens (including phenoxy) is 2. The highest BCUT2D eigenvalue weighted by Gasteiger charge is 2.53. The maximum Gasteiger partial charge on any atom is 0.187 e. The largest absolute Gasteiger partial charge is 0.394 e. The molecule has 3 aliphatic rings. The maximum atomic E-state index is 12.7. The van der Waals surface area contributed by atoms with Crippen LogP contribution in [0, 0.1) is 17.3 Å². The molecule has 7 nitrogen and oxygen atoms in total. The Morgan fingerprint density at radius 3 is 2.57 bits per heavy atom. The number of aliphatic hydroxyl groups is 4. The molecular formula is C21H32O7.